The van der Waals surface area contributed by atoms with Crippen molar-refractivity contribution in [2.24, 2.45) is 0 Å². The average Bonchev–Trinajstić information content (AvgIpc) is 3.46. The second-order valence-electron chi connectivity index (χ2n) is 8.69. The summed E-state index contributed by atoms with van der Waals surface area (Å²) in [5, 5.41) is 12.3. The van der Waals surface area contributed by atoms with Crippen molar-refractivity contribution in [2.75, 3.05) is 31.5 Å². The van der Waals surface area contributed by atoms with Crippen LogP contribution in [0.25, 0.3) is 20.8 Å². The summed E-state index contributed by atoms with van der Waals surface area (Å²) in [5.74, 6) is 0.0986. The fourth-order valence-electron chi connectivity index (χ4n) is 5.06. The number of pyridine rings is 1. The molecule has 3 aromatic heterocycles. The van der Waals surface area contributed by atoms with Crippen LogP contribution in [0.5, 0.6) is 0 Å². The van der Waals surface area contributed by atoms with E-state index in [0.29, 0.717) is 18.5 Å². The number of nitrogens with zero attached hydrogens (tertiary/aromatic N) is 3. The molecule has 0 spiro atoms. The Balaban J connectivity index is 1.22. The number of amides is 1. The number of carbonyl (C=O) groups excluding carboxylic acids is 1. The molecule has 3 N–H and O–H groups in total. The van der Waals surface area contributed by atoms with Gasteiger partial charge in [-0.2, -0.15) is 0 Å². The van der Waals surface area contributed by atoms with E-state index in [-0.39, 0.29) is 5.91 Å². The van der Waals surface area contributed by atoms with Crippen molar-refractivity contribution in [3.05, 3.63) is 28.9 Å². The van der Waals surface area contributed by atoms with Gasteiger partial charge in [0.1, 0.15) is 15.5 Å². The van der Waals surface area contributed by atoms with Crippen LogP contribution in [0, 0.1) is 0 Å². The summed E-state index contributed by atoms with van der Waals surface area (Å²) in [6.07, 6.45) is 7.65. The minimum absolute atomic E-state index is 0.0986. The van der Waals surface area contributed by atoms with Gasteiger partial charge in [0.2, 0.25) is 5.91 Å². The van der Waals surface area contributed by atoms with Gasteiger partial charge in [0.05, 0.1) is 10.9 Å². The van der Waals surface area contributed by atoms with Gasteiger partial charge in [0.15, 0.2) is 0 Å². The van der Waals surface area contributed by atoms with Crippen LogP contribution < -0.4 is 16.0 Å². The first-order valence-corrected chi connectivity index (χ1v) is 12.7. The summed E-state index contributed by atoms with van der Waals surface area (Å²) in [4.78, 5) is 25.7. The minimum Gasteiger partial charge on any atom is -0.317 e. The molecule has 6 heterocycles. The SMILES string of the molecule is O=C(CCN1CC2CCC(C1)N2)Nc1sc2c(c1-c1nc3cnccc3s1)CCNC2. The number of hydrogen-bond donors (Lipinski definition) is 3. The van der Waals surface area contributed by atoms with E-state index >= 15 is 0 Å². The van der Waals surface area contributed by atoms with Crippen LogP contribution in [0.15, 0.2) is 18.5 Å². The number of anilines is 1. The van der Waals surface area contributed by atoms with Crippen molar-refractivity contribution < 1.29 is 4.79 Å². The van der Waals surface area contributed by atoms with Gasteiger partial charge < -0.3 is 16.0 Å². The van der Waals surface area contributed by atoms with Crippen LogP contribution in [0.1, 0.15) is 29.7 Å². The molecular weight excluding hydrogens is 428 g/mol. The summed E-state index contributed by atoms with van der Waals surface area (Å²) >= 11 is 3.38. The monoisotopic (exact) mass is 454 g/mol. The third-order valence-electron chi connectivity index (χ3n) is 6.53. The van der Waals surface area contributed by atoms with Crippen molar-refractivity contribution in [1.29, 1.82) is 0 Å². The first-order chi connectivity index (χ1) is 15.2. The maximum Gasteiger partial charge on any atom is 0.226 e. The fraction of sp³-hybridized carbons (Fsp3) is 0.500. The molecule has 2 unspecified atom stereocenters. The van der Waals surface area contributed by atoms with E-state index in [0.717, 1.165) is 64.9 Å². The van der Waals surface area contributed by atoms with Gasteiger partial charge in [-0.25, -0.2) is 4.98 Å². The second kappa shape index (κ2) is 8.22. The van der Waals surface area contributed by atoms with Gasteiger partial charge >= 0.3 is 0 Å². The lowest BCUT2D eigenvalue weighted by atomic mass is 10.0. The summed E-state index contributed by atoms with van der Waals surface area (Å²) in [6.45, 7) is 4.78. The molecule has 2 atom stereocenters. The molecule has 162 valence electrons. The Morgan fingerprint density at radius 3 is 2.97 bits per heavy atom. The molecule has 2 bridgehead atoms. The Bertz CT molecular complexity index is 1080. The number of nitrogens with one attached hydrogen (secondary N) is 3. The summed E-state index contributed by atoms with van der Waals surface area (Å²) in [7, 11) is 0. The van der Waals surface area contributed by atoms with Gasteiger partial charge in [-0.05, 0) is 37.4 Å². The zero-order chi connectivity index (χ0) is 20.8. The molecule has 6 rings (SSSR count). The number of likely N-dealkylation sites (tertiary alicyclic amines) is 1. The molecule has 0 radical (unpaired) electrons. The van der Waals surface area contributed by atoms with Crippen LogP contribution in [0.4, 0.5) is 5.00 Å². The molecule has 7 nitrogen and oxygen atoms in total. The van der Waals surface area contributed by atoms with Crippen molar-refractivity contribution in [3.8, 4) is 10.6 Å². The standard InChI is InChI=1S/C22H26N6OS2/c29-19(5-8-28-11-13-1-2-14(12-28)25-13)27-22-20(15-3-6-24-10-18(15)31-22)21-26-16-9-23-7-4-17(16)30-21/h4,7,9,13-14,24-25H,1-3,5-6,8,10-12H2,(H,27,29). The van der Waals surface area contributed by atoms with E-state index in [1.807, 2.05) is 18.5 Å². The number of carbonyl (C=O) groups is 1. The molecule has 0 aromatic carbocycles. The molecule has 31 heavy (non-hydrogen) atoms. The lowest BCUT2D eigenvalue weighted by Crippen LogP contribution is -2.51. The zero-order valence-electron chi connectivity index (χ0n) is 17.3. The topological polar surface area (TPSA) is 82.2 Å². The van der Waals surface area contributed by atoms with Crippen molar-refractivity contribution in [3.63, 3.8) is 0 Å². The summed E-state index contributed by atoms with van der Waals surface area (Å²) < 4.78 is 1.13. The van der Waals surface area contributed by atoms with E-state index in [1.54, 1.807) is 22.7 Å². The summed E-state index contributed by atoms with van der Waals surface area (Å²) in [6, 6.07) is 3.23. The lowest BCUT2D eigenvalue weighted by Gasteiger charge is -2.32. The molecular formula is C22H26N6OS2. The Morgan fingerprint density at radius 2 is 2.13 bits per heavy atom. The Labute approximate surface area is 189 Å². The summed E-state index contributed by atoms with van der Waals surface area (Å²) in [5.41, 5.74) is 3.38. The molecule has 3 aliphatic rings. The van der Waals surface area contributed by atoms with Gasteiger partial charge in [-0.1, -0.05) is 0 Å². The number of fused-ring (bicyclic) bond motifs is 4. The quantitative estimate of drug-likeness (QED) is 0.550. The molecule has 0 aliphatic carbocycles. The van der Waals surface area contributed by atoms with Crippen molar-refractivity contribution >= 4 is 43.8 Å². The van der Waals surface area contributed by atoms with Crippen LogP contribution in [0.3, 0.4) is 0 Å². The van der Waals surface area contributed by atoms with Crippen LogP contribution in [0.2, 0.25) is 0 Å². The molecule has 3 aliphatic heterocycles. The number of thiophene rings is 1. The number of hydrogen-bond acceptors (Lipinski definition) is 8. The van der Waals surface area contributed by atoms with Crippen LogP contribution in [-0.2, 0) is 17.8 Å². The number of thiazole rings is 1. The second-order valence-corrected chi connectivity index (χ2v) is 10.8. The Hall–Kier alpha value is -1.91. The number of rotatable bonds is 5. The highest BCUT2D eigenvalue weighted by atomic mass is 32.1. The van der Waals surface area contributed by atoms with Gasteiger partial charge in [0.25, 0.3) is 0 Å². The van der Waals surface area contributed by atoms with Crippen molar-refractivity contribution in [2.45, 2.75) is 44.3 Å². The predicted molar refractivity (Wildman–Crippen MR) is 126 cm³/mol. The van der Waals surface area contributed by atoms with Gasteiger partial charge in [-0.15, -0.1) is 22.7 Å². The maximum atomic E-state index is 12.9. The van der Waals surface area contributed by atoms with E-state index in [2.05, 4.69) is 25.8 Å². The Kier molecular flexibility index (Phi) is 5.23. The highest BCUT2D eigenvalue weighted by Crippen LogP contribution is 2.44. The normalized spacial score (nSPS) is 23.2. The van der Waals surface area contributed by atoms with E-state index in [9.17, 15) is 4.79 Å². The van der Waals surface area contributed by atoms with E-state index < -0.39 is 0 Å². The fourth-order valence-corrected chi connectivity index (χ4v) is 7.37. The molecule has 1 amide bonds. The number of aromatic nitrogens is 2. The highest BCUT2D eigenvalue weighted by molar-refractivity contribution is 7.22. The predicted octanol–water partition coefficient (Wildman–Crippen LogP) is 2.83. The first-order valence-electron chi connectivity index (χ1n) is 11.1. The number of piperazine rings is 1. The van der Waals surface area contributed by atoms with Gasteiger partial charge in [-0.3, -0.25) is 14.7 Å². The van der Waals surface area contributed by atoms with Crippen LogP contribution in [-0.4, -0.2) is 59.0 Å². The molecule has 2 saturated heterocycles. The first kappa shape index (κ1) is 19.8. The van der Waals surface area contributed by atoms with E-state index in [1.165, 1.54) is 23.3 Å². The van der Waals surface area contributed by atoms with Gasteiger partial charge in [0, 0.05) is 61.3 Å². The molecule has 9 heteroatoms. The average molecular weight is 455 g/mol. The van der Waals surface area contributed by atoms with Crippen molar-refractivity contribution in [1.82, 2.24) is 25.5 Å². The molecule has 3 aromatic rings. The van der Waals surface area contributed by atoms with E-state index in [4.69, 9.17) is 4.98 Å². The smallest absolute Gasteiger partial charge is 0.226 e. The zero-order valence-corrected chi connectivity index (χ0v) is 19.0. The lowest BCUT2D eigenvalue weighted by molar-refractivity contribution is -0.116. The molecule has 0 saturated carbocycles. The maximum absolute atomic E-state index is 12.9. The third kappa shape index (κ3) is 3.89. The Morgan fingerprint density at radius 1 is 1.26 bits per heavy atom. The minimum atomic E-state index is 0.0986. The third-order valence-corrected chi connectivity index (χ3v) is 8.73. The van der Waals surface area contributed by atoms with Crippen LogP contribution >= 0.6 is 22.7 Å². The highest BCUT2D eigenvalue weighted by Gasteiger charge is 2.32. The molecule has 2 fully saturated rings. The largest absolute Gasteiger partial charge is 0.317 e.